The number of piperazine rings is 1. The van der Waals surface area contributed by atoms with E-state index in [2.05, 4.69) is 35.6 Å². The van der Waals surface area contributed by atoms with Gasteiger partial charge in [0.25, 0.3) is 0 Å². The summed E-state index contributed by atoms with van der Waals surface area (Å²) in [5.41, 5.74) is 2.42. The van der Waals surface area contributed by atoms with Crippen LogP contribution >= 0.6 is 0 Å². The highest BCUT2D eigenvalue weighted by Crippen LogP contribution is 2.40. The van der Waals surface area contributed by atoms with E-state index >= 15 is 0 Å². The molecule has 5 rings (SSSR count). The minimum absolute atomic E-state index is 0.347. The standard InChI is InChI=1S/C22H24F2N6/c1-5-29-14(4)21-26-17-8-15(23)16(24)9-19(17)30(21)22-18(29)6-7-20(27-22)28-10-12(2)25-13(3)11-28/h6-9,12-13,25H,4-5,10-11H2,1-3H3/t12-,13+. The Morgan fingerprint density at radius 2 is 1.80 bits per heavy atom. The van der Waals surface area contributed by atoms with Gasteiger partial charge in [-0.25, -0.2) is 18.7 Å². The lowest BCUT2D eigenvalue weighted by Gasteiger charge is -2.38. The molecule has 1 aromatic carbocycles. The molecule has 2 aliphatic rings. The van der Waals surface area contributed by atoms with Crippen molar-refractivity contribution in [3.05, 3.63) is 48.3 Å². The average molecular weight is 410 g/mol. The zero-order valence-electron chi connectivity index (χ0n) is 17.3. The van der Waals surface area contributed by atoms with Crippen LogP contribution in [-0.4, -0.2) is 46.3 Å². The fourth-order valence-corrected chi connectivity index (χ4v) is 4.60. The van der Waals surface area contributed by atoms with Gasteiger partial charge in [-0.05, 0) is 32.9 Å². The van der Waals surface area contributed by atoms with Gasteiger partial charge in [0.05, 0.1) is 22.4 Å². The quantitative estimate of drug-likeness (QED) is 0.698. The van der Waals surface area contributed by atoms with Crippen LogP contribution in [0.3, 0.4) is 0 Å². The molecule has 2 atom stereocenters. The van der Waals surface area contributed by atoms with E-state index in [0.29, 0.717) is 47.0 Å². The first-order valence-electron chi connectivity index (χ1n) is 10.2. The van der Waals surface area contributed by atoms with Crippen LogP contribution in [-0.2, 0) is 0 Å². The molecule has 2 aromatic heterocycles. The zero-order valence-corrected chi connectivity index (χ0v) is 17.3. The molecule has 0 spiro atoms. The van der Waals surface area contributed by atoms with Crippen molar-refractivity contribution in [1.29, 1.82) is 0 Å². The number of halogens is 2. The highest BCUT2D eigenvalue weighted by Gasteiger charge is 2.31. The summed E-state index contributed by atoms with van der Waals surface area (Å²) in [7, 11) is 0. The van der Waals surface area contributed by atoms with Crippen LogP contribution in [0.1, 0.15) is 26.6 Å². The van der Waals surface area contributed by atoms with Crippen LogP contribution in [0.15, 0.2) is 30.8 Å². The number of rotatable bonds is 2. The maximum atomic E-state index is 14.1. The molecule has 2 aliphatic heterocycles. The third kappa shape index (κ3) is 2.78. The zero-order chi connectivity index (χ0) is 21.2. The lowest BCUT2D eigenvalue weighted by molar-refractivity contribution is 0.405. The van der Waals surface area contributed by atoms with Gasteiger partial charge in [0.2, 0.25) is 0 Å². The minimum atomic E-state index is -0.915. The Kier molecular flexibility index (Phi) is 4.28. The van der Waals surface area contributed by atoms with Gasteiger partial charge < -0.3 is 15.1 Å². The lowest BCUT2D eigenvalue weighted by atomic mass is 10.1. The van der Waals surface area contributed by atoms with Crippen LogP contribution in [0.2, 0.25) is 0 Å². The lowest BCUT2D eigenvalue weighted by Crippen LogP contribution is -2.54. The fourth-order valence-electron chi connectivity index (χ4n) is 4.60. The van der Waals surface area contributed by atoms with Gasteiger partial charge in [0.1, 0.15) is 5.82 Å². The molecular formula is C22H24F2N6. The van der Waals surface area contributed by atoms with Crippen molar-refractivity contribution in [2.75, 3.05) is 29.4 Å². The molecule has 30 heavy (non-hydrogen) atoms. The molecule has 6 nitrogen and oxygen atoms in total. The van der Waals surface area contributed by atoms with Crippen LogP contribution in [0, 0.1) is 11.6 Å². The molecule has 1 fully saturated rings. The second-order valence-electron chi connectivity index (χ2n) is 8.10. The third-order valence-corrected chi connectivity index (χ3v) is 5.82. The second kappa shape index (κ2) is 6.77. The molecule has 0 bridgehead atoms. The summed E-state index contributed by atoms with van der Waals surface area (Å²) < 4.78 is 29.7. The van der Waals surface area contributed by atoms with Crippen molar-refractivity contribution in [2.24, 2.45) is 0 Å². The van der Waals surface area contributed by atoms with E-state index in [9.17, 15) is 8.78 Å². The van der Waals surface area contributed by atoms with Gasteiger partial charge in [-0.15, -0.1) is 0 Å². The second-order valence-corrected chi connectivity index (χ2v) is 8.10. The van der Waals surface area contributed by atoms with Gasteiger partial charge in [0, 0.05) is 43.9 Å². The Labute approximate surface area is 173 Å². The number of hydrogen-bond donors (Lipinski definition) is 1. The van der Waals surface area contributed by atoms with Crippen molar-refractivity contribution in [1.82, 2.24) is 19.9 Å². The SMILES string of the molecule is C=C1c2nc3cc(F)c(F)cc3n2-c2nc(N3C[C@@H](C)N[C@@H](C)C3)ccc2N1CC. The number of hydrogen-bond acceptors (Lipinski definition) is 5. The number of anilines is 2. The Bertz CT molecular complexity index is 1160. The smallest absolute Gasteiger partial charge is 0.165 e. The first-order valence-corrected chi connectivity index (χ1v) is 10.2. The monoisotopic (exact) mass is 410 g/mol. The number of aromatic nitrogens is 3. The molecule has 1 saturated heterocycles. The molecule has 0 radical (unpaired) electrons. The largest absolute Gasteiger partial charge is 0.353 e. The van der Waals surface area contributed by atoms with E-state index in [1.54, 1.807) is 4.57 Å². The van der Waals surface area contributed by atoms with E-state index in [1.165, 1.54) is 6.07 Å². The Morgan fingerprint density at radius 1 is 1.10 bits per heavy atom. The predicted molar refractivity (Wildman–Crippen MR) is 115 cm³/mol. The van der Waals surface area contributed by atoms with Gasteiger partial charge >= 0.3 is 0 Å². The number of nitrogens with one attached hydrogen (secondary N) is 1. The molecule has 4 heterocycles. The maximum Gasteiger partial charge on any atom is 0.165 e. The summed E-state index contributed by atoms with van der Waals surface area (Å²) in [4.78, 5) is 13.8. The highest BCUT2D eigenvalue weighted by atomic mass is 19.2. The minimum Gasteiger partial charge on any atom is -0.353 e. The van der Waals surface area contributed by atoms with Crippen LogP contribution < -0.4 is 15.1 Å². The fraction of sp³-hybridized carbons (Fsp3) is 0.364. The highest BCUT2D eigenvalue weighted by molar-refractivity contribution is 5.91. The van der Waals surface area contributed by atoms with Crippen molar-refractivity contribution < 1.29 is 8.78 Å². The third-order valence-electron chi connectivity index (χ3n) is 5.82. The van der Waals surface area contributed by atoms with Crippen LogP contribution in [0.4, 0.5) is 20.3 Å². The molecule has 3 aromatic rings. The molecule has 0 aliphatic carbocycles. The predicted octanol–water partition coefficient (Wildman–Crippen LogP) is 3.70. The molecule has 0 saturated carbocycles. The number of pyridine rings is 1. The van der Waals surface area contributed by atoms with E-state index in [4.69, 9.17) is 4.98 Å². The normalized spacial score (nSPS) is 21.2. The van der Waals surface area contributed by atoms with E-state index < -0.39 is 11.6 Å². The number of benzene rings is 1. The van der Waals surface area contributed by atoms with Crippen molar-refractivity contribution in [3.8, 4) is 5.82 Å². The summed E-state index contributed by atoms with van der Waals surface area (Å²) in [6.07, 6.45) is 0. The van der Waals surface area contributed by atoms with Crippen molar-refractivity contribution in [3.63, 3.8) is 0 Å². The Hall–Kier alpha value is -3.00. The summed E-state index contributed by atoms with van der Waals surface area (Å²) in [5, 5.41) is 3.53. The average Bonchev–Trinajstić information content (AvgIpc) is 3.06. The summed E-state index contributed by atoms with van der Waals surface area (Å²) >= 11 is 0. The first kappa shape index (κ1) is 19.0. The summed E-state index contributed by atoms with van der Waals surface area (Å²) in [5.74, 6) is 0.242. The Morgan fingerprint density at radius 3 is 2.50 bits per heavy atom. The van der Waals surface area contributed by atoms with E-state index in [0.717, 1.165) is 30.7 Å². The number of imidazole rings is 1. The van der Waals surface area contributed by atoms with Gasteiger partial charge in [-0.3, -0.25) is 4.57 Å². The molecule has 0 amide bonds. The summed E-state index contributed by atoms with van der Waals surface area (Å²) in [6, 6.07) is 7.05. The van der Waals surface area contributed by atoms with Gasteiger partial charge in [0.15, 0.2) is 23.3 Å². The van der Waals surface area contributed by atoms with Crippen LogP contribution in [0.5, 0.6) is 0 Å². The van der Waals surface area contributed by atoms with Gasteiger partial charge in [-0.2, -0.15) is 0 Å². The number of fused-ring (bicyclic) bond motifs is 5. The van der Waals surface area contributed by atoms with Crippen molar-refractivity contribution >= 4 is 28.2 Å². The molecular weight excluding hydrogens is 386 g/mol. The summed E-state index contributed by atoms with van der Waals surface area (Å²) in [6.45, 7) is 12.9. The van der Waals surface area contributed by atoms with Crippen LogP contribution in [0.25, 0.3) is 22.5 Å². The number of nitrogens with zero attached hydrogens (tertiary/aromatic N) is 5. The topological polar surface area (TPSA) is 49.2 Å². The van der Waals surface area contributed by atoms with E-state index in [1.807, 2.05) is 24.0 Å². The maximum absolute atomic E-state index is 14.1. The molecule has 0 unspecified atom stereocenters. The Balaban J connectivity index is 1.72. The molecule has 1 N–H and O–H groups in total. The van der Waals surface area contributed by atoms with Crippen molar-refractivity contribution in [2.45, 2.75) is 32.9 Å². The molecule has 156 valence electrons. The first-order chi connectivity index (χ1) is 14.4. The molecule has 8 heteroatoms. The van der Waals surface area contributed by atoms with Gasteiger partial charge in [-0.1, -0.05) is 6.58 Å². The van der Waals surface area contributed by atoms with E-state index in [-0.39, 0.29) is 0 Å².